The molecule has 0 aliphatic heterocycles. The second-order valence-corrected chi connectivity index (χ2v) is 4.20. The van der Waals surface area contributed by atoms with Crippen molar-refractivity contribution in [2.24, 2.45) is 0 Å². The number of hydrogen-bond acceptors (Lipinski definition) is 3. The highest BCUT2D eigenvalue weighted by Crippen LogP contribution is 2.22. The number of amides is 1. The van der Waals surface area contributed by atoms with E-state index in [9.17, 15) is 9.59 Å². The number of anilines is 1. The Bertz CT molecular complexity index is 605. The van der Waals surface area contributed by atoms with Gasteiger partial charge in [-0.2, -0.15) is 0 Å². The van der Waals surface area contributed by atoms with E-state index in [1.165, 1.54) is 0 Å². The maximum atomic E-state index is 11.7. The van der Waals surface area contributed by atoms with Crippen LogP contribution in [0.2, 0.25) is 0 Å². The van der Waals surface area contributed by atoms with Crippen molar-refractivity contribution >= 4 is 28.3 Å². The number of rotatable bonds is 5. The minimum Gasteiger partial charge on any atom is -0.481 e. The molecule has 0 atom stereocenters. The van der Waals surface area contributed by atoms with Gasteiger partial charge in [-0.05, 0) is 18.6 Å². The molecule has 0 radical (unpaired) electrons. The van der Waals surface area contributed by atoms with Crippen molar-refractivity contribution in [3.05, 3.63) is 36.7 Å². The molecule has 1 aromatic heterocycles. The van der Waals surface area contributed by atoms with E-state index < -0.39 is 5.97 Å². The number of carboxylic acids is 1. The van der Waals surface area contributed by atoms with Gasteiger partial charge in [-0.1, -0.05) is 12.1 Å². The first kappa shape index (κ1) is 13.0. The summed E-state index contributed by atoms with van der Waals surface area (Å²) >= 11 is 0. The second kappa shape index (κ2) is 5.95. The third-order valence-electron chi connectivity index (χ3n) is 2.75. The summed E-state index contributed by atoms with van der Waals surface area (Å²) in [7, 11) is 0. The Labute approximate surface area is 110 Å². The van der Waals surface area contributed by atoms with E-state index in [2.05, 4.69) is 10.3 Å². The number of carbonyl (C=O) groups is 2. The predicted octanol–water partition coefficient (Wildman–Crippen LogP) is 2.43. The molecule has 5 heteroatoms. The number of fused-ring (bicyclic) bond motifs is 1. The number of carboxylic acid groups (broad SMARTS) is 1. The summed E-state index contributed by atoms with van der Waals surface area (Å²) in [5.74, 6) is -1.06. The second-order valence-electron chi connectivity index (χ2n) is 4.20. The zero-order valence-corrected chi connectivity index (χ0v) is 10.3. The highest BCUT2D eigenvalue weighted by atomic mass is 16.4. The van der Waals surface area contributed by atoms with E-state index in [1.807, 2.05) is 24.3 Å². The summed E-state index contributed by atoms with van der Waals surface area (Å²) in [5.41, 5.74) is 0.722. The van der Waals surface area contributed by atoms with Crippen molar-refractivity contribution in [1.82, 2.24) is 4.98 Å². The van der Waals surface area contributed by atoms with Gasteiger partial charge in [-0.25, -0.2) is 0 Å². The number of carbonyl (C=O) groups excluding carboxylic acids is 1. The van der Waals surface area contributed by atoms with Gasteiger partial charge in [0.15, 0.2) is 0 Å². The van der Waals surface area contributed by atoms with Crippen LogP contribution < -0.4 is 5.32 Å². The van der Waals surface area contributed by atoms with Crippen molar-refractivity contribution in [3.63, 3.8) is 0 Å². The third kappa shape index (κ3) is 3.51. The number of nitrogens with zero attached hydrogens (tertiary/aromatic N) is 1. The Morgan fingerprint density at radius 3 is 2.84 bits per heavy atom. The van der Waals surface area contributed by atoms with Crippen LogP contribution in [-0.2, 0) is 9.59 Å². The Morgan fingerprint density at radius 2 is 2.05 bits per heavy atom. The van der Waals surface area contributed by atoms with Gasteiger partial charge in [0.05, 0.1) is 0 Å². The number of nitrogens with one attached hydrogen (secondary N) is 1. The SMILES string of the molecule is O=C(O)CCCC(=O)Nc1cccc2cnccc12. The minimum absolute atomic E-state index is 0.00682. The van der Waals surface area contributed by atoms with Crippen LogP contribution >= 0.6 is 0 Å². The Kier molecular flexibility index (Phi) is 4.07. The van der Waals surface area contributed by atoms with Crippen LogP contribution in [0.5, 0.6) is 0 Å². The molecule has 0 unspecified atom stereocenters. The molecule has 1 aromatic carbocycles. The molecule has 0 bridgehead atoms. The van der Waals surface area contributed by atoms with Gasteiger partial charge in [0, 0.05) is 41.7 Å². The normalized spacial score (nSPS) is 10.3. The van der Waals surface area contributed by atoms with Crippen LogP contribution in [0.4, 0.5) is 5.69 Å². The van der Waals surface area contributed by atoms with E-state index >= 15 is 0 Å². The standard InChI is InChI=1S/C14H14N2O3/c17-13(5-2-6-14(18)19)16-12-4-1-3-10-9-15-8-7-11(10)12/h1,3-4,7-9H,2,5-6H2,(H,16,17)(H,18,19). The molecule has 0 spiro atoms. The van der Waals surface area contributed by atoms with Gasteiger partial charge in [0.1, 0.15) is 0 Å². The first-order valence-electron chi connectivity index (χ1n) is 6.01. The Morgan fingerprint density at radius 1 is 1.21 bits per heavy atom. The molecule has 5 nitrogen and oxygen atoms in total. The fourth-order valence-corrected chi connectivity index (χ4v) is 1.84. The first-order chi connectivity index (χ1) is 9.16. The van der Waals surface area contributed by atoms with Crippen molar-refractivity contribution in [2.75, 3.05) is 5.32 Å². The average molecular weight is 258 g/mol. The van der Waals surface area contributed by atoms with Crippen molar-refractivity contribution in [1.29, 1.82) is 0 Å². The zero-order valence-electron chi connectivity index (χ0n) is 10.3. The number of hydrogen-bond donors (Lipinski definition) is 2. The smallest absolute Gasteiger partial charge is 0.303 e. The van der Waals surface area contributed by atoms with Crippen LogP contribution in [-0.4, -0.2) is 22.0 Å². The molecule has 0 aliphatic rings. The van der Waals surface area contributed by atoms with Gasteiger partial charge in [-0.15, -0.1) is 0 Å². The zero-order chi connectivity index (χ0) is 13.7. The van der Waals surface area contributed by atoms with E-state index in [0.29, 0.717) is 6.42 Å². The molecule has 0 fully saturated rings. The molecule has 2 rings (SSSR count). The summed E-state index contributed by atoms with van der Waals surface area (Å²) in [6.45, 7) is 0. The minimum atomic E-state index is -0.885. The lowest BCUT2D eigenvalue weighted by molar-refractivity contribution is -0.137. The van der Waals surface area contributed by atoms with Gasteiger partial charge in [0.25, 0.3) is 0 Å². The molecule has 2 N–H and O–H groups in total. The van der Waals surface area contributed by atoms with Crippen molar-refractivity contribution in [3.8, 4) is 0 Å². The van der Waals surface area contributed by atoms with E-state index in [0.717, 1.165) is 16.5 Å². The maximum Gasteiger partial charge on any atom is 0.303 e. The van der Waals surface area contributed by atoms with E-state index in [1.54, 1.807) is 12.4 Å². The quantitative estimate of drug-likeness (QED) is 0.863. The van der Waals surface area contributed by atoms with Gasteiger partial charge >= 0.3 is 5.97 Å². The third-order valence-corrected chi connectivity index (χ3v) is 2.75. The molecular weight excluding hydrogens is 244 g/mol. The number of aromatic nitrogens is 1. The van der Waals surface area contributed by atoms with Crippen LogP contribution in [0.15, 0.2) is 36.7 Å². The molecule has 0 saturated heterocycles. The molecular formula is C14H14N2O3. The van der Waals surface area contributed by atoms with Crippen LogP contribution in [0.25, 0.3) is 10.8 Å². The highest BCUT2D eigenvalue weighted by molar-refractivity contribution is 6.01. The fraction of sp³-hybridized carbons (Fsp3) is 0.214. The largest absolute Gasteiger partial charge is 0.481 e. The van der Waals surface area contributed by atoms with Gasteiger partial charge in [0.2, 0.25) is 5.91 Å². The lowest BCUT2D eigenvalue weighted by Crippen LogP contribution is -2.12. The summed E-state index contributed by atoms with van der Waals surface area (Å²) < 4.78 is 0. The number of pyridine rings is 1. The monoisotopic (exact) mass is 258 g/mol. The van der Waals surface area contributed by atoms with Gasteiger partial charge in [-0.3, -0.25) is 14.6 Å². The topological polar surface area (TPSA) is 79.3 Å². The van der Waals surface area contributed by atoms with Gasteiger partial charge < -0.3 is 10.4 Å². The molecule has 0 saturated carbocycles. The van der Waals surface area contributed by atoms with Crippen LogP contribution in [0, 0.1) is 0 Å². The summed E-state index contributed by atoms with van der Waals surface area (Å²) in [5, 5.41) is 13.2. The molecule has 1 heterocycles. The molecule has 19 heavy (non-hydrogen) atoms. The van der Waals surface area contributed by atoms with Crippen LogP contribution in [0.1, 0.15) is 19.3 Å². The average Bonchev–Trinajstić information content (AvgIpc) is 2.39. The summed E-state index contributed by atoms with van der Waals surface area (Å²) in [6.07, 6.45) is 3.95. The Hall–Kier alpha value is -2.43. The molecule has 98 valence electrons. The van der Waals surface area contributed by atoms with E-state index in [4.69, 9.17) is 5.11 Å². The maximum absolute atomic E-state index is 11.7. The first-order valence-corrected chi connectivity index (χ1v) is 6.01. The summed E-state index contributed by atoms with van der Waals surface area (Å²) in [6, 6.07) is 7.42. The van der Waals surface area contributed by atoms with Crippen LogP contribution in [0.3, 0.4) is 0 Å². The molecule has 2 aromatic rings. The van der Waals surface area contributed by atoms with Crippen molar-refractivity contribution < 1.29 is 14.7 Å². The number of benzene rings is 1. The Balaban J connectivity index is 2.05. The lowest BCUT2D eigenvalue weighted by Gasteiger charge is -2.08. The molecule has 1 amide bonds. The summed E-state index contributed by atoms with van der Waals surface area (Å²) in [4.78, 5) is 26.1. The van der Waals surface area contributed by atoms with Crippen molar-refractivity contribution in [2.45, 2.75) is 19.3 Å². The number of aliphatic carboxylic acids is 1. The lowest BCUT2D eigenvalue weighted by atomic mass is 10.1. The highest BCUT2D eigenvalue weighted by Gasteiger charge is 2.06. The van der Waals surface area contributed by atoms with E-state index in [-0.39, 0.29) is 18.7 Å². The fourth-order valence-electron chi connectivity index (χ4n) is 1.84. The predicted molar refractivity (Wildman–Crippen MR) is 71.9 cm³/mol. The molecule has 0 aliphatic carbocycles.